The fraction of sp³-hybridized carbons (Fsp3) is 0.278. The Bertz CT molecular complexity index is 890. The Kier molecular flexibility index (Phi) is 9.68. The number of aliphatic imine (C=N–C) groups is 1. The van der Waals surface area contributed by atoms with E-state index in [-0.39, 0.29) is 29.8 Å². The van der Waals surface area contributed by atoms with Gasteiger partial charge in [-0.1, -0.05) is 34.1 Å². The first kappa shape index (κ1) is 23.8. The van der Waals surface area contributed by atoms with E-state index in [2.05, 4.69) is 31.6 Å². The van der Waals surface area contributed by atoms with Gasteiger partial charge in [-0.2, -0.15) is 0 Å². The highest BCUT2D eigenvalue weighted by atomic mass is 127. The van der Waals surface area contributed by atoms with Gasteiger partial charge in [-0.3, -0.25) is 4.99 Å². The minimum absolute atomic E-state index is 0. The number of halogens is 3. The molecule has 0 fully saturated rings. The van der Waals surface area contributed by atoms with Gasteiger partial charge in [0.15, 0.2) is 15.8 Å². The molecule has 2 rings (SSSR count). The summed E-state index contributed by atoms with van der Waals surface area (Å²) in [6.07, 6.45) is 1.89. The maximum atomic E-state index is 13.8. The van der Waals surface area contributed by atoms with Crippen LogP contribution in [0.5, 0.6) is 0 Å². The van der Waals surface area contributed by atoms with Crippen molar-refractivity contribution in [3.63, 3.8) is 0 Å². The van der Waals surface area contributed by atoms with Crippen molar-refractivity contribution >= 4 is 55.7 Å². The minimum Gasteiger partial charge on any atom is -0.356 e. The third-order valence-electron chi connectivity index (χ3n) is 3.74. The zero-order valence-electron chi connectivity index (χ0n) is 15.0. The molecule has 0 unspecified atom stereocenters. The van der Waals surface area contributed by atoms with Crippen molar-refractivity contribution in [1.82, 2.24) is 10.6 Å². The molecule has 5 nitrogen and oxygen atoms in total. The number of hydrogen-bond acceptors (Lipinski definition) is 3. The number of nitrogens with one attached hydrogen (secondary N) is 2. The van der Waals surface area contributed by atoms with Crippen molar-refractivity contribution in [1.29, 1.82) is 0 Å². The van der Waals surface area contributed by atoms with Crippen LogP contribution in [0.25, 0.3) is 0 Å². The van der Waals surface area contributed by atoms with Crippen LogP contribution in [0.4, 0.5) is 4.39 Å². The van der Waals surface area contributed by atoms with Gasteiger partial charge in [0, 0.05) is 36.4 Å². The summed E-state index contributed by atoms with van der Waals surface area (Å²) in [4.78, 5) is 4.42. The van der Waals surface area contributed by atoms with Gasteiger partial charge in [0.25, 0.3) is 0 Å². The average Bonchev–Trinajstić information content (AvgIpc) is 2.59. The van der Waals surface area contributed by atoms with Gasteiger partial charge >= 0.3 is 0 Å². The molecule has 0 spiro atoms. The van der Waals surface area contributed by atoms with Crippen LogP contribution in [0.3, 0.4) is 0 Å². The van der Waals surface area contributed by atoms with Gasteiger partial charge in [0.1, 0.15) is 5.82 Å². The van der Waals surface area contributed by atoms with E-state index in [9.17, 15) is 12.8 Å². The maximum absolute atomic E-state index is 13.8. The van der Waals surface area contributed by atoms with Gasteiger partial charge in [0.05, 0.1) is 4.90 Å². The quantitative estimate of drug-likeness (QED) is 0.317. The van der Waals surface area contributed by atoms with Crippen LogP contribution >= 0.6 is 39.9 Å². The van der Waals surface area contributed by atoms with E-state index in [0.717, 1.165) is 5.56 Å². The fourth-order valence-electron chi connectivity index (χ4n) is 2.29. The van der Waals surface area contributed by atoms with E-state index >= 15 is 0 Å². The molecule has 27 heavy (non-hydrogen) atoms. The lowest BCUT2D eigenvalue weighted by atomic mass is 10.1. The molecule has 0 radical (unpaired) electrons. The number of sulfone groups is 1. The van der Waals surface area contributed by atoms with E-state index in [1.165, 1.54) is 12.3 Å². The largest absolute Gasteiger partial charge is 0.356 e. The summed E-state index contributed by atoms with van der Waals surface area (Å²) in [6.45, 7) is 0.933. The van der Waals surface area contributed by atoms with Crippen LogP contribution in [0, 0.1) is 5.82 Å². The molecular weight excluding hydrogens is 548 g/mol. The summed E-state index contributed by atoms with van der Waals surface area (Å²) in [5, 5.41) is 6.22. The van der Waals surface area contributed by atoms with Crippen molar-refractivity contribution in [3.8, 4) is 0 Å². The number of guanidine groups is 1. The molecule has 148 valence electrons. The molecule has 0 aliphatic rings. The summed E-state index contributed by atoms with van der Waals surface area (Å²) in [5.41, 5.74) is 1.56. The van der Waals surface area contributed by atoms with Gasteiger partial charge in [-0.05, 0) is 36.2 Å². The Labute approximate surface area is 184 Å². The van der Waals surface area contributed by atoms with E-state index in [0.29, 0.717) is 40.4 Å². The minimum atomic E-state index is -3.18. The molecule has 0 saturated heterocycles. The predicted octanol–water partition coefficient (Wildman–Crippen LogP) is 3.52. The molecule has 2 aromatic rings. The highest BCUT2D eigenvalue weighted by molar-refractivity contribution is 14.0. The summed E-state index contributed by atoms with van der Waals surface area (Å²) in [5.74, 6) is 0.286. The monoisotopic (exact) mass is 569 g/mol. The lowest BCUT2D eigenvalue weighted by Crippen LogP contribution is -2.38. The van der Waals surface area contributed by atoms with Crippen molar-refractivity contribution in [3.05, 3.63) is 63.9 Å². The first-order valence-corrected chi connectivity index (χ1v) is 10.7. The third-order valence-corrected chi connectivity index (χ3v) is 5.36. The van der Waals surface area contributed by atoms with Crippen LogP contribution in [-0.4, -0.2) is 34.2 Å². The molecule has 0 aliphatic carbocycles. The predicted molar refractivity (Wildman–Crippen MR) is 121 cm³/mol. The molecule has 0 aromatic heterocycles. The van der Waals surface area contributed by atoms with Crippen molar-refractivity contribution in [2.75, 3.05) is 19.8 Å². The molecule has 0 amide bonds. The van der Waals surface area contributed by atoms with Crippen LogP contribution in [0.2, 0.25) is 0 Å². The number of rotatable bonds is 6. The van der Waals surface area contributed by atoms with Gasteiger partial charge < -0.3 is 10.6 Å². The SMILES string of the molecule is CN=C(NCCc1ccc(S(C)(=O)=O)cc1)NCc1ccc(Br)cc1F.I. The Morgan fingerprint density at radius 1 is 1.15 bits per heavy atom. The highest BCUT2D eigenvalue weighted by Gasteiger charge is 2.07. The zero-order valence-corrected chi connectivity index (χ0v) is 19.7. The van der Waals surface area contributed by atoms with E-state index in [4.69, 9.17) is 0 Å². The molecule has 9 heteroatoms. The van der Waals surface area contributed by atoms with Crippen molar-refractivity contribution in [2.45, 2.75) is 17.9 Å². The smallest absolute Gasteiger partial charge is 0.191 e. The lowest BCUT2D eigenvalue weighted by Gasteiger charge is -2.12. The van der Waals surface area contributed by atoms with Crippen LogP contribution in [0.1, 0.15) is 11.1 Å². The van der Waals surface area contributed by atoms with E-state index in [1.807, 2.05) is 0 Å². The van der Waals surface area contributed by atoms with Crippen LogP contribution < -0.4 is 10.6 Å². The fourth-order valence-corrected chi connectivity index (χ4v) is 3.26. The molecule has 0 bridgehead atoms. The number of benzene rings is 2. The Balaban J connectivity index is 0.00000364. The van der Waals surface area contributed by atoms with Gasteiger partial charge in [0.2, 0.25) is 0 Å². The Hall–Kier alpha value is -1.20. The normalized spacial score (nSPS) is 11.6. The Morgan fingerprint density at radius 2 is 1.81 bits per heavy atom. The van der Waals surface area contributed by atoms with Gasteiger partial charge in [-0.15, -0.1) is 24.0 Å². The zero-order chi connectivity index (χ0) is 19.2. The van der Waals surface area contributed by atoms with Crippen molar-refractivity contribution < 1.29 is 12.8 Å². The molecule has 2 N–H and O–H groups in total. The molecule has 2 aromatic carbocycles. The topological polar surface area (TPSA) is 70.6 Å². The van der Waals surface area contributed by atoms with Gasteiger partial charge in [-0.25, -0.2) is 12.8 Å². The molecule has 0 saturated carbocycles. The van der Waals surface area contributed by atoms with Crippen LogP contribution in [0.15, 0.2) is 56.8 Å². The lowest BCUT2D eigenvalue weighted by molar-refractivity contribution is 0.601. The second-order valence-electron chi connectivity index (χ2n) is 5.75. The first-order chi connectivity index (χ1) is 12.3. The highest BCUT2D eigenvalue weighted by Crippen LogP contribution is 2.15. The molecule has 0 aliphatic heterocycles. The summed E-state index contributed by atoms with van der Waals surface area (Å²) >= 11 is 3.23. The van der Waals surface area contributed by atoms with Crippen molar-refractivity contribution in [2.24, 2.45) is 4.99 Å². The second-order valence-corrected chi connectivity index (χ2v) is 8.69. The van der Waals surface area contributed by atoms with Crippen LogP contribution in [-0.2, 0) is 22.8 Å². The molecule has 0 atom stereocenters. The number of nitrogens with zero attached hydrogens (tertiary/aromatic N) is 1. The second kappa shape index (κ2) is 11.0. The summed E-state index contributed by atoms with van der Waals surface area (Å²) < 4.78 is 37.4. The third kappa shape index (κ3) is 7.74. The maximum Gasteiger partial charge on any atom is 0.191 e. The number of hydrogen-bond donors (Lipinski definition) is 2. The van der Waals surface area contributed by atoms with E-state index in [1.54, 1.807) is 43.4 Å². The summed E-state index contributed by atoms with van der Waals surface area (Å²) in [7, 11) is -1.53. The van der Waals surface area contributed by atoms with E-state index < -0.39 is 9.84 Å². The average molecular weight is 570 g/mol. The first-order valence-electron chi connectivity index (χ1n) is 7.97. The molecule has 0 heterocycles. The standard InChI is InChI=1S/C18H21BrFN3O2S.HI/c1-21-18(23-12-14-5-6-15(19)11-17(14)20)22-10-9-13-3-7-16(8-4-13)26(2,24)25;/h3-8,11H,9-10,12H2,1-2H3,(H2,21,22,23);1H. The summed E-state index contributed by atoms with van der Waals surface area (Å²) in [6, 6.07) is 11.7. The Morgan fingerprint density at radius 3 is 2.37 bits per heavy atom. The molecular formula is C18H22BrFIN3O2S.